The molecule has 1 radical (unpaired) electrons. The Kier molecular flexibility index (Phi) is 61.7. The Morgan fingerprint density at radius 3 is 1.56 bits per heavy atom. The maximum atomic E-state index is 4.72. The van der Waals surface area contributed by atoms with Gasteiger partial charge in [0, 0.05) is 5.75 Å². The maximum absolute atomic E-state index is 4.72. The van der Waals surface area contributed by atoms with Crippen LogP contribution in [0, 0.1) is 0 Å². The standard InChI is InChI=1S/C5H11S.3FH/c1-2-3-4-5-6;;;/h2-5H2,1H3;3*1H. The van der Waals surface area contributed by atoms with Crippen molar-refractivity contribution in [3.8, 4) is 0 Å². The lowest BCUT2D eigenvalue weighted by Gasteiger charge is -1.85. The molecule has 0 N–H and O–H groups in total. The fourth-order valence-corrected chi connectivity index (χ4v) is 0.556. The third-order valence-corrected chi connectivity index (χ3v) is 1.04. The van der Waals surface area contributed by atoms with Gasteiger partial charge in [0.1, 0.15) is 0 Å². The number of halogens is 3. The molecular weight excluding hydrogens is 149 g/mol. The van der Waals surface area contributed by atoms with Crippen molar-refractivity contribution >= 4 is 12.6 Å². The van der Waals surface area contributed by atoms with E-state index in [0.29, 0.717) is 0 Å². The van der Waals surface area contributed by atoms with Crippen LogP contribution in [0.2, 0.25) is 0 Å². The summed E-state index contributed by atoms with van der Waals surface area (Å²) in [6.45, 7) is 2.19. The first-order chi connectivity index (χ1) is 2.91. The van der Waals surface area contributed by atoms with Gasteiger partial charge in [-0.2, -0.15) is 0 Å². The molecule has 0 bridgehead atoms. The summed E-state index contributed by atoms with van der Waals surface area (Å²) in [4.78, 5) is 0. The van der Waals surface area contributed by atoms with Crippen LogP contribution in [0.25, 0.3) is 0 Å². The van der Waals surface area contributed by atoms with Crippen LogP contribution in [0.15, 0.2) is 0 Å². The zero-order valence-corrected chi connectivity index (χ0v) is 6.28. The molecule has 0 amide bonds. The quantitative estimate of drug-likeness (QED) is 0.561. The summed E-state index contributed by atoms with van der Waals surface area (Å²) in [7, 11) is 0. The van der Waals surface area contributed by atoms with Crippen molar-refractivity contribution in [2.24, 2.45) is 0 Å². The van der Waals surface area contributed by atoms with E-state index in [0.717, 1.165) is 5.75 Å². The van der Waals surface area contributed by atoms with Gasteiger partial charge in [0.25, 0.3) is 0 Å². The van der Waals surface area contributed by atoms with Gasteiger partial charge in [0.05, 0.1) is 0 Å². The molecular formula is C5H14F3S. The highest BCUT2D eigenvalue weighted by molar-refractivity contribution is 7.80. The predicted molar refractivity (Wildman–Crippen MR) is 39.5 cm³/mol. The van der Waals surface area contributed by atoms with Crippen molar-refractivity contribution in [2.45, 2.75) is 26.2 Å². The minimum atomic E-state index is 0. The molecule has 0 aromatic carbocycles. The summed E-state index contributed by atoms with van der Waals surface area (Å²) in [6.07, 6.45) is 3.83. The van der Waals surface area contributed by atoms with E-state index in [9.17, 15) is 0 Å². The molecule has 0 saturated heterocycles. The average Bonchev–Trinajstić information content (AvgIpc) is 1.61. The van der Waals surface area contributed by atoms with E-state index in [4.69, 9.17) is 12.6 Å². The Balaban J connectivity index is -0.0000000417. The van der Waals surface area contributed by atoms with Crippen LogP contribution in [0.1, 0.15) is 26.2 Å². The van der Waals surface area contributed by atoms with Gasteiger partial charge in [-0.1, -0.05) is 32.4 Å². The average molecular weight is 163 g/mol. The molecule has 0 atom stereocenters. The first-order valence-electron chi connectivity index (χ1n) is 2.50. The minimum Gasteiger partial charge on any atom is -0.269 e. The summed E-state index contributed by atoms with van der Waals surface area (Å²) >= 11 is 4.72. The molecule has 9 heavy (non-hydrogen) atoms. The molecule has 0 aliphatic heterocycles. The van der Waals surface area contributed by atoms with E-state index in [-0.39, 0.29) is 14.1 Å². The van der Waals surface area contributed by atoms with Crippen molar-refractivity contribution in [1.82, 2.24) is 0 Å². The maximum Gasteiger partial charge on any atom is 0.00369 e. The van der Waals surface area contributed by atoms with Gasteiger partial charge >= 0.3 is 0 Å². The highest BCUT2D eigenvalue weighted by Gasteiger charge is 1.76. The molecule has 0 aromatic rings. The zero-order chi connectivity index (χ0) is 4.83. The fourth-order valence-electron chi connectivity index (χ4n) is 0.352. The van der Waals surface area contributed by atoms with Crippen LogP contribution in [0.5, 0.6) is 0 Å². The van der Waals surface area contributed by atoms with Crippen LogP contribution >= 0.6 is 12.6 Å². The van der Waals surface area contributed by atoms with E-state index in [1.54, 1.807) is 0 Å². The summed E-state index contributed by atoms with van der Waals surface area (Å²) in [6, 6.07) is 0. The van der Waals surface area contributed by atoms with Gasteiger partial charge in [-0.3, -0.25) is 14.1 Å². The first kappa shape index (κ1) is 22.9. The van der Waals surface area contributed by atoms with Crippen molar-refractivity contribution in [2.75, 3.05) is 5.75 Å². The SMILES string of the molecule is CCCCC[S].F.F.F. The minimum absolute atomic E-state index is 0. The van der Waals surface area contributed by atoms with Gasteiger partial charge in [-0.25, -0.2) is 0 Å². The number of hydrogen-bond acceptors (Lipinski definition) is 0. The summed E-state index contributed by atoms with van der Waals surface area (Å²) in [5, 5.41) is 0. The molecule has 0 unspecified atom stereocenters. The molecule has 0 nitrogen and oxygen atoms in total. The summed E-state index contributed by atoms with van der Waals surface area (Å²) < 4.78 is 0. The molecule has 0 aliphatic rings. The molecule has 0 saturated carbocycles. The summed E-state index contributed by atoms with van der Waals surface area (Å²) in [5.41, 5.74) is 0. The first-order valence-corrected chi connectivity index (χ1v) is 3.07. The number of rotatable bonds is 3. The molecule has 0 heterocycles. The van der Waals surface area contributed by atoms with Crippen LogP contribution < -0.4 is 0 Å². The van der Waals surface area contributed by atoms with Gasteiger partial charge in [0.2, 0.25) is 0 Å². The Morgan fingerprint density at radius 2 is 1.44 bits per heavy atom. The molecule has 61 valence electrons. The molecule has 0 fully saturated rings. The van der Waals surface area contributed by atoms with Crippen LogP contribution in [0.3, 0.4) is 0 Å². The van der Waals surface area contributed by atoms with Crippen molar-refractivity contribution in [1.29, 1.82) is 0 Å². The molecule has 0 aromatic heterocycles. The van der Waals surface area contributed by atoms with Gasteiger partial charge in [-0.05, 0) is 6.42 Å². The van der Waals surface area contributed by atoms with Crippen molar-refractivity contribution in [3.63, 3.8) is 0 Å². The van der Waals surface area contributed by atoms with Crippen LogP contribution in [-0.4, -0.2) is 5.75 Å². The molecule has 4 heteroatoms. The zero-order valence-electron chi connectivity index (χ0n) is 5.46. The Labute approximate surface area is 59.5 Å². The third-order valence-electron chi connectivity index (χ3n) is 0.748. The van der Waals surface area contributed by atoms with Crippen molar-refractivity contribution < 1.29 is 14.1 Å². The van der Waals surface area contributed by atoms with Gasteiger partial charge in [0.15, 0.2) is 0 Å². The second-order valence-corrected chi connectivity index (χ2v) is 1.82. The third kappa shape index (κ3) is 31.1. The highest BCUT2D eigenvalue weighted by Crippen LogP contribution is 1.93. The second kappa shape index (κ2) is 24.2. The largest absolute Gasteiger partial charge is 0.269 e. The molecule has 0 rings (SSSR count). The Morgan fingerprint density at radius 1 is 1.00 bits per heavy atom. The summed E-state index contributed by atoms with van der Waals surface area (Å²) in [5.74, 6) is 0.938. The van der Waals surface area contributed by atoms with Gasteiger partial charge < -0.3 is 0 Å². The van der Waals surface area contributed by atoms with E-state index >= 15 is 0 Å². The van der Waals surface area contributed by atoms with Crippen LogP contribution in [-0.2, 0) is 0 Å². The highest BCUT2D eigenvalue weighted by atomic mass is 32.1. The van der Waals surface area contributed by atoms with E-state index in [1.165, 1.54) is 19.3 Å². The van der Waals surface area contributed by atoms with E-state index < -0.39 is 0 Å². The fraction of sp³-hybridized carbons (Fsp3) is 1.00. The Hall–Kier alpha value is 0.140. The lowest BCUT2D eigenvalue weighted by Crippen LogP contribution is -1.70. The monoisotopic (exact) mass is 163 g/mol. The second-order valence-electron chi connectivity index (χ2n) is 1.41. The van der Waals surface area contributed by atoms with Crippen molar-refractivity contribution in [3.05, 3.63) is 0 Å². The normalized spacial score (nSPS) is 6.00. The number of hydrogen-bond donors (Lipinski definition) is 0. The lowest BCUT2D eigenvalue weighted by atomic mass is 10.3. The topological polar surface area (TPSA) is 0 Å². The predicted octanol–water partition coefficient (Wildman–Crippen LogP) is 2.83. The smallest absolute Gasteiger partial charge is 0.00369 e. The molecule has 0 aliphatic carbocycles. The molecule has 0 spiro atoms. The number of unbranched alkanes of at least 4 members (excludes halogenated alkanes) is 2. The van der Waals surface area contributed by atoms with Crippen LogP contribution in [0.4, 0.5) is 14.1 Å². The Bertz CT molecular complexity index is 24.2. The van der Waals surface area contributed by atoms with E-state index in [1.807, 2.05) is 0 Å². The van der Waals surface area contributed by atoms with Gasteiger partial charge in [-0.15, -0.1) is 0 Å². The van der Waals surface area contributed by atoms with E-state index in [2.05, 4.69) is 6.92 Å². The lowest BCUT2D eigenvalue weighted by molar-refractivity contribution is 0.780.